The number of primary sulfonamides is 1. The highest BCUT2D eigenvalue weighted by molar-refractivity contribution is 7.91. The molecule has 0 radical (unpaired) electrons. The van der Waals surface area contributed by atoms with Gasteiger partial charge in [-0.1, -0.05) is 0 Å². The summed E-state index contributed by atoms with van der Waals surface area (Å²) in [6, 6.07) is 6.43. The fourth-order valence-corrected chi connectivity index (χ4v) is 3.18. The average molecular weight is 286 g/mol. The molecule has 1 heterocycles. The number of rotatable bonds is 4. The second kappa shape index (κ2) is 4.56. The smallest absolute Gasteiger partial charge is 0.255 e. The molecule has 6 nitrogen and oxygen atoms in total. The lowest BCUT2D eigenvalue weighted by Crippen LogP contribution is -2.19. The summed E-state index contributed by atoms with van der Waals surface area (Å²) in [5.74, 6) is -0.134. The second-order valence-corrected chi connectivity index (χ2v) is 6.44. The van der Waals surface area contributed by atoms with Crippen molar-refractivity contribution in [3.63, 3.8) is 0 Å². The molecule has 0 saturated carbocycles. The zero-order valence-corrected chi connectivity index (χ0v) is 10.8. The van der Waals surface area contributed by atoms with Gasteiger partial charge in [0.15, 0.2) is 6.61 Å². The lowest BCUT2D eigenvalue weighted by molar-refractivity contribution is -0.119. The highest BCUT2D eigenvalue weighted by Crippen LogP contribution is 2.30. The Hall–Kier alpha value is -1.64. The van der Waals surface area contributed by atoms with Crippen LogP contribution in [-0.2, 0) is 14.8 Å². The van der Waals surface area contributed by atoms with Gasteiger partial charge in [0.1, 0.15) is 9.96 Å². The topological polar surface area (TPSA) is 112 Å². The van der Waals surface area contributed by atoms with Crippen LogP contribution >= 0.6 is 11.3 Å². The Morgan fingerprint density at radius 3 is 2.67 bits per heavy atom. The molecule has 8 heteroatoms. The van der Waals surface area contributed by atoms with Crippen LogP contribution in [0.5, 0.6) is 5.75 Å². The van der Waals surface area contributed by atoms with Gasteiger partial charge in [-0.05, 0) is 29.7 Å². The summed E-state index contributed by atoms with van der Waals surface area (Å²) >= 11 is 1.08. The number of nitrogens with two attached hydrogens (primary N) is 2. The van der Waals surface area contributed by atoms with Gasteiger partial charge in [0, 0.05) is 4.70 Å². The number of ether oxygens (including phenoxy) is 1. The van der Waals surface area contributed by atoms with Crippen molar-refractivity contribution < 1.29 is 17.9 Å². The van der Waals surface area contributed by atoms with Gasteiger partial charge < -0.3 is 10.5 Å². The first kappa shape index (κ1) is 12.8. The van der Waals surface area contributed by atoms with E-state index in [2.05, 4.69) is 0 Å². The number of amides is 1. The predicted octanol–water partition coefficient (Wildman–Crippen LogP) is 0.413. The Morgan fingerprint density at radius 1 is 1.33 bits per heavy atom. The van der Waals surface area contributed by atoms with Crippen LogP contribution in [0.25, 0.3) is 10.1 Å². The first-order chi connectivity index (χ1) is 8.36. The number of carbonyl (C=O) groups is 1. The minimum absolute atomic E-state index is 0.0875. The summed E-state index contributed by atoms with van der Waals surface area (Å²) in [4.78, 5) is 10.6. The van der Waals surface area contributed by atoms with E-state index in [0.717, 1.165) is 16.0 Å². The molecule has 1 aromatic carbocycles. The maximum atomic E-state index is 11.2. The number of thiophene rings is 1. The SMILES string of the molecule is NC(=O)COc1ccc2sc(S(N)(=O)=O)cc2c1. The van der Waals surface area contributed by atoms with E-state index in [9.17, 15) is 13.2 Å². The molecular weight excluding hydrogens is 276 g/mol. The molecule has 2 rings (SSSR count). The zero-order valence-electron chi connectivity index (χ0n) is 9.12. The monoisotopic (exact) mass is 286 g/mol. The van der Waals surface area contributed by atoms with Crippen molar-refractivity contribution >= 4 is 37.4 Å². The number of carbonyl (C=O) groups excluding carboxylic acids is 1. The molecule has 0 saturated heterocycles. The number of fused-ring (bicyclic) bond motifs is 1. The quantitative estimate of drug-likeness (QED) is 0.847. The van der Waals surface area contributed by atoms with Crippen molar-refractivity contribution in [2.24, 2.45) is 10.9 Å². The Kier molecular flexibility index (Phi) is 3.24. The summed E-state index contributed by atoms with van der Waals surface area (Å²) < 4.78 is 28.4. The third-order valence-corrected chi connectivity index (χ3v) is 4.66. The number of hydrogen-bond donors (Lipinski definition) is 2. The molecule has 96 valence electrons. The second-order valence-electron chi connectivity index (χ2n) is 3.57. The summed E-state index contributed by atoms with van der Waals surface area (Å²) in [5, 5.41) is 5.73. The molecule has 4 N–H and O–H groups in total. The van der Waals surface area contributed by atoms with Gasteiger partial charge in [-0.3, -0.25) is 4.79 Å². The maximum absolute atomic E-state index is 11.2. The van der Waals surface area contributed by atoms with E-state index in [-0.39, 0.29) is 10.8 Å². The van der Waals surface area contributed by atoms with Gasteiger partial charge >= 0.3 is 0 Å². The summed E-state index contributed by atoms with van der Waals surface area (Å²) in [5.41, 5.74) is 4.96. The van der Waals surface area contributed by atoms with Crippen LogP contribution in [0.2, 0.25) is 0 Å². The third kappa shape index (κ3) is 2.78. The van der Waals surface area contributed by atoms with Gasteiger partial charge in [0.2, 0.25) is 10.0 Å². The molecule has 0 unspecified atom stereocenters. The first-order valence-electron chi connectivity index (χ1n) is 4.84. The first-order valence-corrected chi connectivity index (χ1v) is 7.20. The van der Waals surface area contributed by atoms with Crippen LogP contribution in [0.1, 0.15) is 0 Å². The van der Waals surface area contributed by atoms with Crippen molar-refractivity contribution in [1.29, 1.82) is 0 Å². The van der Waals surface area contributed by atoms with Crippen molar-refractivity contribution in [2.45, 2.75) is 4.21 Å². The normalized spacial score (nSPS) is 11.6. The highest BCUT2D eigenvalue weighted by Gasteiger charge is 2.12. The van der Waals surface area contributed by atoms with Gasteiger partial charge in [0.25, 0.3) is 5.91 Å². The number of primary amides is 1. The molecule has 18 heavy (non-hydrogen) atoms. The van der Waals surface area contributed by atoms with Crippen molar-refractivity contribution in [1.82, 2.24) is 0 Å². The molecule has 1 aromatic heterocycles. The van der Waals surface area contributed by atoms with E-state index in [4.69, 9.17) is 15.6 Å². The lowest BCUT2D eigenvalue weighted by atomic mass is 10.2. The standard InChI is InChI=1S/C10H10N2O4S2/c11-9(13)5-16-7-1-2-8-6(3-7)4-10(17-8)18(12,14)15/h1-4H,5H2,(H2,11,13)(H2,12,14,15). The van der Waals surface area contributed by atoms with Crippen LogP contribution in [0.4, 0.5) is 0 Å². The van der Waals surface area contributed by atoms with Crippen LogP contribution in [0.15, 0.2) is 28.5 Å². The van der Waals surface area contributed by atoms with Gasteiger partial charge in [-0.15, -0.1) is 11.3 Å². The van der Waals surface area contributed by atoms with Gasteiger partial charge in [0.05, 0.1) is 0 Å². The van der Waals surface area contributed by atoms with Crippen LogP contribution in [0, 0.1) is 0 Å². The molecule has 0 atom stereocenters. The molecule has 0 bridgehead atoms. The van der Waals surface area contributed by atoms with E-state index in [1.807, 2.05) is 0 Å². The molecule has 0 fully saturated rings. The Balaban J connectivity index is 2.37. The van der Waals surface area contributed by atoms with Crippen LogP contribution < -0.4 is 15.6 Å². The largest absolute Gasteiger partial charge is 0.484 e. The lowest BCUT2D eigenvalue weighted by Gasteiger charge is -2.02. The summed E-state index contributed by atoms with van der Waals surface area (Å²) in [6.45, 7) is -0.225. The minimum atomic E-state index is -3.70. The molecule has 2 aromatic rings. The number of benzene rings is 1. The van der Waals surface area contributed by atoms with E-state index in [0.29, 0.717) is 11.1 Å². The van der Waals surface area contributed by atoms with Crippen molar-refractivity contribution in [2.75, 3.05) is 6.61 Å². The average Bonchev–Trinajstić information content (AvgIpc) is 2.68. The van der Waals surface area contributed by atoms with E-state index >= 15 is 0 Å². The molecule has 0 spiro atoms. The molecule has 1 amide bonds. The Labute approximate surface area is 107 Å². The highest BCUT2D eigenvalue weighted by atomic mass is 32.2. The Morgan fingerprint density at radius 2 is 2.06 bits per heavy atom. The Bertz CT molecular complexity index is 706. The maximum Gasteiger partial charge on any atom is 0.255 e. The number of hydrogen-bond acceptors (Lipinski definition) is 5. The molecule has 0 aliphatic rings. The van der Waals surface area contributed by atoms with Crippen molar-refractivity contribution in [3.8, 4) is 5.75 Å². The molecular formula is C10H10N2O4S2. The number of sulfonamides is 1. The predicted molar refractivity (Wildman–Crippen MR) is 67.9 cm³/mol. The summed E-state index contributed by atoms with van der Waals surface area (Å²) in [7, 11) is -3.70. The van der Waals surface area contributed by atoms with Gasteiger partial charge in [-0.25, -0.2) is 13.6 Å². The fourth-order valence-electron chi connectivity index (χ4n) is 1.38. The summed E-state index contributed by atoms with van der Waals surface area (Å²) in [6.07, 6.45) is 0. The van der Waals surface area contributed by atoms with Crippen LogP contribution in [0.3, 0.4) is 0 Å². The van der Waals surface area contributed by atoms with E-state index in [1.54, 1.807) is 18.2 Å². The minimum Gasteiger partial charge on any atom is -0.484 e. The third-order valence-electron chi connectivity index (χ3n) is 2.13. The molecule has 0 aliphatic carbocycles. The van der Waals surface area contributed by atoms with Gasteiger partial charge in [-0.2, -0.15) is 0 Å². The fraction of sp³-hybridized carbons (Fsp3) is 0.100. The zero-order chi connectivity index (χ0) is 13.3. The van der Waals surface area contributed by atoms with E-state index < -0.39 is 15.9 Å². The van der Waals surface area contributed by atoms with Crippen molar-refractivity contribution in [3.05, 3.63) is 24.3 Å². The van der Waals surface area contributed by atoms with Crippen LogP contribution in [-0.4, -0.2) is 20.9 Å². The van der Waals surface area contributed by atoms with E-state index in [1.165, 1.54) is 6.07 Å². The molecule has 0 aliphatic heterocycles.